The molecule has 3 atom stereocenters. The largest absolute Gasteiger partial charge is 0.472 e. The smallest absolute Gasteiger partial charge is 0.257 e. The van der Waals surface area contributed by atoms with Gasteiger partial charge in [-0.1, -0.05) is 6.07 Å². The van der Waals surface area contributed by atoms with E-state index in [0.29, 0.717) is 23.1 Å². The lowest BCUT2D eigenvalue weighted by Gasteiger charge is -2.27. The van der Waals surface area contributed by atoms with Crippen LogP contribution in [0.25, 0.3) is 0 Å². The minimum Gasteiger partial charge on any atom is -0.472 e. The summed E-state index contributed by atoms with van der Waals surface area (Å²) in [5.41, 5.74) is 0.673. The summed E-state index contributed by atoms with van der Waals surface area (Å²) in [7, 11) is 0. The zero-order valence-electron chi connectivity index (χ0n) is 13.4. The van der Waals surface area contributed by atoms with Crippen molar-refractivity contribution in [2.45, 2.75) is 38.8 Å². The molecule has 2 aliphatic rings. The van der Waals surface area contributed by atoms with Gasteiger partial charge in [0.2, 0.25) is 5.88 Å². The Bertz CT molecular complexity index is 725. The molecule has 1 amide bonds. The van der Waals surface area contributed by atoms with Gasteiger partial charge in [0.05, 0.1) is 11.6 Å². The molecule has 2 fully saturated rings. The first kappa shape index (κ1) is 14.3. The number of rotatable bonds is 3. The predicted molar refractivity (Wildman–Crippen MR) is 84.4 cm³/mol. The molecule has 120 valence electrons. The number of furan rings is 1. The number of pyridine rings is 1. The Balaban J connectivity index is 1.54. The summed E-state index contributed by atoms with van der Waals surface area (Å²) in [5.74, 6) is 2.55. The second-order valence-electron chi connectivity index (χ2n) is 6.44. The van der Waals surface area contributed by atoms with Crippen LogP contribution in [0.3, 0.4) is 0 Å². The second-order valence-corrected chi connectivity index (χ2v) is 6.44. The van der Waals surface area contributed by atoms with Crippen LogP contribution in [-0.4, -0.2) is 34.5 Å². The van der Waals surface area contributed by atoms with Crippen LogP contribution in [-0.2, 0) is 0 Å². The quantitative estimate of drug-likeness (QED) is 0.874. The van der Waals surface area contributed by atoms with Crippen molar-refractivity contribution in [3.05, 3.63) is 47.5 Å². The number of aromatic nitrogens is 1. The standard InChI is InChI=1S/C18H20N2O3/c1-11-9-14(12(2)22-11)18(21)20-10-13-6-7-15(20)17(13)23-16-5-3-4-8-19-16/h3-5,8-9,13,15,17H,6-7,10H2,1-2H3. The normalized spacial score (nSPS) is 25.8. The fourth-order valence-electron chi connectivity index (χ4n) is 3.91. The number of carbonyl (C=O) groups is 1. The number of likely N-dealkylation sites (tertiary alicyclic amines) is 1. The van der Waals surface area contributed by atoms with E-state index in [1.165, 1.54) is 0 Å². The Hall–Kier alpha value is -2.30. The van der Waals surface area contributed by atoms with E-state index in [1.54, 1.807) is 6.20 Å². The number of carbonyl (C=O) groups excluding carboxylic acids is 1. The molecule has 23 heavy (non-hydrogen) atoms. The SMILES string of the molecule is Cc1cc(C(=O)N2CC3CCC2C3Oc2ccccn2)c(C)o1. The van der Waals surface area contributed by atoms with Gasteiger partial charge in [-0.15, -0.1) is 0 Å². The fraction of sp³-hybridized carbons (Fsp3) is 0.444. The number of ether oxygens (including phenoxy) is 1. The van der Waals surface area contributed by atoms with Crippen LogP contribution >= 0.6 is 0 Å². The van der Waals surface area contributed by atoms with Gasteiger partial charge in [0, 0.05) is 24.7 Å². The number of hydrogen-bond acceptors (Lipinski definition) is 4. The van der Waals surface area contributed by atoms with Gasteiger partial charge in [-0.25, -0.2) is 4.98 Å². The first-order valence-corrected chi connectivity index (χ1v) is 8.09. The third-order valence-corrected chi connectivity index (χ3v) is 4.94. The minimum atomic E-state index is 0.0437. The number of amides is 1. The van der Waals surface area contributed by atoms with Crippen LogP contribution in [0.15, 0.2) is 34.9 Å². The first-order chi connectivity index (χ1) is 11.1. The highest BCUT2D eigenvalue weighted by molar-refractivity contribution is 5.95. The maximum absolute atomic E-state index is 12.9. The lowest BCUT2D eigenvalue weighted by atomic mass is 10.1. The summed E-state index contributed by atoms with van der Waals surface area (Å²) in [6.45, 7) is 4.47. The molecule has 0 spiro atoms. The highest BCUT2D eigenvalue weighted by atomic mass is 16.5. The van der Waals surface area contributed by atoms with Crippen molar-refractivity contribution in [1.82, 2.24) is 9.88 Å². The Morgan fingerprint density at radius 3 is 2.91 bits per heavy atom. The first-order valence-electron chi connectivity index (χ1n) is 8.09. The molecule has 5 heteroatoms. The van der Waals surface area contributed by atoms with E-state index in [-0.39, 0.29) is 18.1 Å². The van der Waals surface area contributed by atoms with Crippen molar-refractivity contribution in [3.8, 4) is 5.88 Å². The Kier molecular flexibility index (Phi) is 3.36. The lowest BCUT2D eigenvalue weighted by molar-refractivity contribution is 0.0662. The molecule has 2 aromatic heterocycles. The van der Waals surface area contributed by atoms with Gasteiger partial charge in [0.25, 0.3) is 5.91 Å². The molecule has 1 saturated heterocycles. The van der Waals surface area contributed by atoms with E-state index in [2.05, 4.69) is 4.98 Å². The molecule has 5 nitrogen and oxygen atoms in total. The average Bonchev–Trinajstić information content (AvgIpc) is 3.20. The molecule has 4 rings (SSSR count). The van der Waals surface area contributed by atoms with Crippen molar-refractivity contribution in [3.63, 3.8) is 0 Å². The molecule has 2 bridgehead atoms. The van der Waals surface area contributed by atoms with Gasteiger partial charge in [-0.3, -0.25) is 4.79 Å². The number of aryl methyl sites for hydroxylation is 2. The van der Waals surface area contributed by atoms with Crippen LogP contribution in [0.1, 0.15) is 34.7 Å². The summed E-state index contributed by atoms with van der Waals surface area (Å²) in [5, 5.41) is 0. The summed E-state index contributed by atoms with van der Waals surface area (Å²) in [4.78, 5) is 19.1. The molecule has 0 radical (unpaired) electrons. The molecule has 1 aliphatic carbocycles. The lowest BCUT2D eigenvalue weighted by Crippen LogP contribution is -2.40. The minimum absolute atomic E-state index is 0.0437. The molecular weight excluding hydrogens is 292 g/mol. The van der Waals surface area contributed by atoms with Gasteiger partial charge in [-0.05, 0) is 38.8 Å². The number of fused-ring (bicyclic) bond motifs is 2. The van der Waals surface area contributed by atoms with Gasteiger partial charge in [0.1, 0.15) is 17.6 Å². The summed E-state index contributed by atoms with van der Waals surface area (Å²) < 4.78 is 11.6. The maximum Gasteiger partial charge on any atom is 0.257 e. The summed E-state index contributed by atoms with van der Waals surface area (Å²) in [6.07, 6.45) is 3.87. The molecule has 3 unspecified atom stereocenters. The molecule has 1 saturated carbocycles. The second kappa shape index (κ2) is 5.41. The fourth-order valence-corrected chi connectivity index (χ4v) is 3.91. The van der Waals surface area contributed by atoms with E-state index < -0.39 is 0 Å². The molecular formula is C18H20N2O3. The van der Waals surface area contributed by atoms with Gasteiger partial charge < -0.3 is 14.1 Å². The van der Waals surface area contributed by atoms with Crippen LogP contribution in [0.5, 0.6) is 5.88 Å². The van der Waals surface area contributed by atoms with E-state index in [9.17, 15) is 4.79 Å². The average molecular weight is 312 g/mol. The van der Waals surface area contributed by atoms with Crippen molar-refractivity contribution in [2.24, 2.45) is 5.92 Å². The van der Waals surface area contributed by atoms with Crippen LogP contribution in [0.2, 0.25) is 0 Å². The monoisotopic (exact) mass is 312 g/mol. The Labute approximate surface area is 135 Å². The zero-order chi connectivity index (χ0) is 16.0. The third-order valence-electron chi connectivity index (χ3n) is 4.94. The Morgan fingerprint density at radius 2 is 2.22 bits per heavy atom. The highest BCUT2D eigenvalue weighted by Gasteiger charge is 2.50. The number of nitrogens with zero attached hydrogens (tertiary/aromatic N) is 2. The molecule has 3 heterocycles. The predicted octanol–water partition coefficient (Wildman–Crippen LogP) is 2.97. The van der Waals surface area contributed by atoms with Gasteiger partial charge >= 0.3 is 0 Å². The number of piperidine rings is 1. The third kappa shape index (κ3) is 2.40. The molecule has 0 N–H and O–H groups in total. The van der Waals surface area contributed by atoms with Gasteiger partial charge in [0.15, 0.2) is 0 Å². The summed E-state index contributed by atoms with van der Waals surface area (Å²) in [6, 6.07) is 7.62. The van der Waals surface area contributed by atoms with E-state index in [0.717, 1.165) is 25.1 Å². The van der Waals surface area contributed by atoms with Gasteiger partial charge in [-0.2, -0.15) is 0 Å². The molecule has 1 aliphatic heterocycles. The van der Waals surface area contributed by atoms with Crippen molar-refractivity contribution >= 4 is 5.91 Å². The van der Waals surface area contributed by atoms with Crippen molar-refractivity contribution in [1.29, 1.82) is 0 Å². The summed E-state index contributed by atoms with van der Waals surface area (Å²) >= 11 is 0. The van der Waals surface area contributed by atoms with Crippen LogP contribution in [0.4, 0.5) is 0 Å². The zero-order valence-corrected chi connectivity index (χ0v) is 13.4. The van der Waals surface area contributed by atoms with Crippen molar-refractivity contribution < 1.29 is 13.9 Å². The van der Waals surface area contributed by atoms with E-state index >= 15 is 0 Å². The maximum atomic E-state index is 12.9. The highest BCUT2D eigenvalue weighted by Crippen LogP contribution is 2.41. The molecule has 2 aromatic rings. The number of hydrogen-bond donors (Lipinski definition) is 0. The van der Waals surface area contributed by atoms with E-state index in [4.69, 9.17) is 9.15 Å². The molecule has 0 aromatic carbocycles. The Morgan fingerprint density at radius 1 is 1.35 bits per heavy atom. The van der Waals surface area contributed by atoms with E-state index in [1.807, 2.05) is 43.0 Å². The topological polar surface area (TPSA) is 55.6 Å². The van der Waals surface area contributed by atoms with Crippen LogP contribution < -0.4 is 4.74 Å². The van der Waals surface area contributed by atoms with Crippen LogP contribution in [0, 0.1) is 19.8 Å². The van der Waals surface area contributed by atoms with Crippen molar-refractivity contribution in [2.75, 3.05) is 6.54 Å².